The molecule has 1 aliphatic rings. The van der Waals surface area contributed by atoms with Gasteiger partial charge < -0.3 is 9.64 Å². The van der Waals surface area contributed by atoms with E-state index in [0.717, 1.165) is 31.1 Å². The second-order valence-electron chi connectivity index (χ2n) is 5.40. The van der Waals surface area contributed by atoms with Crippen LogP contribution in [-0.2, 0) is 4.74 Å². The van der Waals surface area contributed by atoms with Gasteiger partial charge in [0.1, 0.15) is 11.9 Å². The van der Waals surface area contributed by atoms with Gasteiger partial charge in [0.05, 0.1) is 17.2 Å². The van der Waals surface area contributed by atoms with E-state index in [2.05, 4.69) is 22.9 Å². The highest BCUT2D eigenvalue weighted by Crippen LogP contribution is 2.34. The summed E-state index contributed by atoms with van der Waals surface area (Å²) in [6.07, 6.45) is 5.13. The summed E-state index contributed by atoms with van der Waals surface area (Å²) in [5.74, 6) is 1.50. The molecular formula is C15H20ClN3O. The molecule has 108 valence electrons. The zero-order chi connectivity index (χ0) is 14.5. The van der Waals surface area contributed by atoms with Crippen molar-refractivity contribution in [2.75, 3.05) is 25.2 Å². The van der Waals surface area contributed by atoms with E-state index in [1.807, 2.05) is 0 Å². The molecule has 5 heteroatoms. The molecule has 0 N–H and O–H groups in total. The molecule has 0 saturated heterocycles. The SMILES string of the molecule is COCCN(c1ncc(C#N)cc1Cl)C1CCC(C)C1. The smallest absolute Gasteiger partial charge is 0.147 e. The Bertz CT molecular complexity index is 500. The van der Waals surface area contributed by atoms with Gasteiger partial charge >= 0.3 is 0 Å². The minimum Gasteiger partial charge on any atom is -0.383 e. The van der Waals surface area contributed by atoms with Crippen LogP contribution in [-0.4, -0.2) is 31.3 Å². The molecule has 1 heterocycles. The highest BCUT2D eigenvalue weighted by Gasteiger charge is 2.28. The first-order valence-corrected chi connectivity index (χ1v) is 7.34. The Morgan fingerprint density at radius 1 is 1.55 bits per heavy atom. The zero-order valence-corrected chi connectivity index (χ0v) is 12.7. The lowest BCUT2D eigenvalue weighted by Crippen LogP contribution is -2.37. The third-order valence-electron chi connectivity index (χ3n) is 3.87. The van der Waals surface area contributed by atoms with E-state index in [1.165, 1.54) is 6.42 Å². The van der Waals surface area contributed by atoms with Crippen molar-refractivity contribution in [2.24, 2.45) is 5.92 Å². The molecule has 1 saturated carbocycles. The molecule has 4 nitrogen and oxygen atoms in total. The minimum atomic E-state index is 0.457. The van der Waals surface area contributed by atoms with Crippen molar-refractivity contribution < 1.29 is 4.74 Å². The number of nitrogens with zero attached hydrogens (tertiary/aromatic N) is 3. The van der Waals surface area contributed by atoms with E-state index >= 15 is 0 Å². The number of methoxy groups -OCH3 is 1. The third kappa shape index (κ3) is 3.41. The summed E-state index contributed by atoms with van der Waals surface area (Å²) in [5.41, 5.74) is 0.491. The zero-order valence-electron chi connectivity index (χ0n) is 12.0. The average Bonchev–Trinajstić information content (AvgIpc) is 2.87. The number of anilines is 1. The van der Waals surface area contributed by atoms with Crippen molar-refractivity contribution in [2.45, 2.75) is 32.2 Å². The van der Waals surface area contributed by atoms with Crippen molar-refractivity contribution in [1.29, 1.82) is 5.26 Å². The second-order valence-corrected chi connectivity index (χ2v) is 5.81. The fourth-order valence-electron chi connectivity index (χ4n) is 2.81. The molecule has 0 aromatic carbocycles. The van der Waals surface area contributed by atoms with E-state index in [0.29, 0.717) is 23.2 Å². The van der Waals surface area contributed by atoms with Crippen molar-refractivity contribution >= 4 is 17.4 Å². The van der Waals surface area contributed by atoms with Gasteiger partial charge in [0.25, 0.3) is 0 Å². The Morgan fingerprint density at radius 2 is 2.35 bits per heavy atom. The van der Waals surface area contributed by atoms with Crippen LogP contribution in [0.5, 0.6) is 0 Å². The van der Waals surface area contributed by atoms with Crippen LogP contribution in [0.25, 0.3) is 0 Å². The Kier molecular flexibility index (Phi) is 5.22. The number of halogens is 1. The van der Waals surface area contributed by atoms with E-state index < -0.39 is 0 Å². The van der Waals surface area contributed by atoms with Gasteiger partial charge in [0, 0.05) is 25.9 Å². The first kappa shape index (κ1) is 15.1. The van der Waals surface area contributed by atoms with Crippen LogP contribution in [0.1, 0.15) is 31.7 Å². The van der Waals surface area contributed by atoms with E-state index in [-0.39, 0.29) is 0 Å². The molecule has 0 amide bonds. The summed E-state index contributed by atoms with van der Waals surface area (Å²) in [6.45, 7) is 3.69. The molecular weight excluding hydrogens is 274 g/mol. The van der Waals surface area contributed by atoms with Crippen LogP contribution in [0.4, 0.5) is 5.82 Å². The number of rotatable bonds is 5. The van der Waals surface area contributed by atoms with Gasteiger partial charge in [-0.3, -0.25) is 0 Å². The standard InChI is InChI=1S/C15H20ClN3O/c1-11-3-4-13(7-11)19(5-6-20-2)15-14(16)8-12(9-17)10-18-15/h8,10-11,13H,3-7H2,1-2H3. The largest absolute Gasteiger partial charge is 0.383 e. The lowest BCUT2D eigenvalue weighted by Gasteiger charge is -2.30. The molecule has 1 aromatic heterocycles. The summed E-state index contributed by atoms with van der Waals surface area (Å²) in [7, 11) is 1.70. The Hall–Kier alpha value is -1.31. The summed E-state index contributed by atoms with van der Waals surface area (Å²) in [5, 5.41) is 9.44. The van der Waals surface area contributed by atoms with E-state index in [4.69, 9.17) is 21.6 Å². The summed E-state index contributed by atoms with van der Waals surface area (Å²) < 4.78 is 5.20. The average molecular weight is 294 g/mol. The predicted molar refractivity (Wildman–Crippen MR) is 80.0 cm³/mol. The maximum Gasteiger partial charge on any atom is 0.147 e. The van der Waals surface area contributed by atoms with Gasteiger partial charge in [-0.2, -0.15) is 5.26 Å². The molecule has 2 rings (SSSR count). The highest BCUT2D eigenvalue weighted by molar-refractivity contribution is 6.33. The molecule has 1 aromatic rings. The number of pyridine rings is 1. The molecule has 2 unspecified atom stereocenters. The normalized spacial score (nSPS) is 21.7. The molecule has 0 spiro atoms. The maximum absolute atomic E-state index is 8.90. The van der Waals surface area contributed by atoms with E-state index in [9.17, 15) is 0 Å². The topological polar surface area (TPSA) is 49.1 Å². The summed E-state index contributed by atoms with van der Waals surface area (Å²) in [4.78, 5) is 6.62. The van der Waals surface area contributed by atoms with Crippen molar-refractivity contribution in [1.82, 2.24) is 4.98 Å². The molecule has 1 aliphatic carbocycles. The quantitative estimate of drug-likeness (QED) is 0.836. The monoisotopic (exact) mass is 293 g/mol. The van der Waals surface area contributed by atoms with Crippen LogP contribution in [0.3, 0.4) is 0 Å². The van der Waals surface area contributed by atoms with Crippen LogP contribution < -0.4 is 4.90 Å². The third-order valence-corrected chi connectivity index (χ3v) is 4.15. The fourth-order valence-corrected chi connectivity index (χ4v) is 3.09. The number of nitriles is 1. The number of hydrogen-bond acceptors (Lipinski definition) is 4. The Balaban J connectivity index is 2.24. The predicted octanol–water partition coefficient (Wildman–Crippen LogP) is 3.25. The number of ether oxygens (including phenoxy) is 1. The highest BCUT2D eigenvalue weighted by atomic mass is 35.5. The molecule has 0 radical (unpaired) electrons. The van der Waals surface area contributed by atoms with Crippen LogP contribution >= 0.6 is 11.6 Å². The first-order chi connectivity index (χ1) is 9.65. The minimum absolute atomic E-state index is 0.457. The van der Waals surface area contributed by atoms with Crippen molar-refractivity contribution in [3.8, 4) is 6.07 Å². The number of hydrogen-bond donors (Lipinski definition) is 0. The fraction of sp³-hybridized carbons (Fsp3) is 0.600. The molecule has 0 aliphatic heterocycles. The van der Waals surface area contributed by atoms with Crippen molar-refractivity contribution in [3.05, 3.63) is 22.8 Å². The number of aromatic nitrogens is 1. The van der Waals surface area contributed by atoms with Crippen LogP contribution in [0, 0.1) is 17.2 Å². The van der Waals surface area contributed by atoms with Gasteiger partial charge in [0.15, 0.2) is 0 Å². The maximum atomic E-state index is 8.90. The van der Waals surface area contributed by atoms with Gasteiger partial charge in [-0.05, 0) is 31.2 Å². The first-order valence-electron chi connectivity index (χ1n) is 6.97. The summed E-state index contributed by atoms with van der Waals surface area (Å²) in [6, 6.07) is 4.20. The lowest BCUT2D eigenvalue weighted by atomic mass is 10.1. The van der Waals surface area contributed by atoms with Gasteiger partial charge in [-0.1, -0.05) is 18.5 Å². The van der Waals surface area contributed by atoms with Gasteiger partial charge in [0.2, 0.25) is 0 Å². The van der Waals surface area contributed by atoms with E-state index in [1.54, 1.807) is 19.4 Å². The lowest BCUT2D eigenvalue weighted by molar-refractivity contribution is 0.202. The molecule has 20 heavy (non-hydrogen) atoms. The molecule has 2 atom stereocenters. The van der Waals surface area contributed by atoms with Gasteiger partial charge in [-0.25, -0.2) is 4.98 Å². The Labute approximate surface area is 125 Å². The van der Waals surface area contributed by atoms with Crippen LogP contribution in [0.2, 0.25) is 5.02 Å². The van der Waals surface area contributed by atoms with Gasteiger partial charge in [-0.15, -0.1) is 0 Å². The van der Waals surface area contributed by atoms with Crippen molar-refractivity contribution in [3.63, 3.8) is 0 Å². The molecule has 1 fully saturated rings. The molecule has 0 bridgehead atoms. The summed E-state index contributed by atoms with van der Waals surface area (Å²) >= 11 is 6.30. The van der Waals surface area contributed by atoms with Crippen LogP contribution in [0.15, 0.2) is 12.3 Å². The Morgan fingerprint density at radius 3 is 2.90 bits per heavy atom. The second kappa shape index (κ2) is 6.92.